The van der Waals surface area contributed by atoms with Crippen LogP contribution in [0.25, 0.3) is 0 Å². The van der Waals surface area contributed by atoms with Gasteiger partial charge in [-0.3, -0.25) is 0 Å². The number of nitrogens with zero attached hydrogens (tertiary/aromatic N) is 1. The summed E-state index contributed by atoms with van der Waals surface area (Å²) < 4.78 is 0. The minimum atomic E-state index is 0.742. The normalized spacial score (nSPS) is 27.0. The van der Waals surface area contributed by atoms with Gasteiger partial charge in [-0.1, -0.05) is 20.8 Å². The summed E-state index contributed by atoms with van der Waals surface area (Å²) >= 11 is 0. The van der Waals surface area contributed by atoms with Gasteiger partial charge in [-0.2, -0.15) is 0 Å². The maximum absolute atomic E-state index is 3.65. The van der Waals surface area contributed by atoms with Crippen LogP contribution >= 0.6 is 0 Å². The molecule has 0 spiro atoms. The zero-order valence-electron chi connectivity index (χ0n) is 9.51. The average molecular weight is 184 g/mol. The Bertz CT molecular complexity index is 145. The van der Waals surface area contributed by atoms with Gasteiger partial charge in [0.25, 0.3) is 0 Å². The lowest BCUT2D eigenvalue weighted by molar-refractivity contribution is 0.355. The van der Waals surface area contributed by atoms with Gasteiger partial charge in [0.05, 0.1) is 0 Å². The van der Waals surface area contributed by atoms with Crippen LogP contribution in [-0.4, -0.2) is 37.6 Å². The van der Waals surface area contributed by atoms with E-state index in [1.165, 1.54) is 26.1 Å². The molecule has 0 aliphatic carbocycles. The zero-order valence-corrected chi connectivity index (χ0v) is 9.51. The SMILES string of the molecule is CC(C)C(C)CNC1CCN(C)C1. The number of nitrogens with one attached hydrogen (secondary N) is 1. The van der Waals surface area contributed by atoms with E-state index in [4.69, 9.17) is 0 Å². The monoisotopic (exact) mass is 184 g/mol. The van der Waals surface area contributed by atoms with Gasteiger partial charge in [0.15, 0.2) is 0 Å². The van der Waals surface area contributed by atoms with E-state index in [9.17, 15) is 0 Å². The first-order valence-corrected chi connectivity index (χ1v) is 5.51. The summed E-state index contributed by atoms with van der Waals surface area (Å²) in [6.45, 7) is 10.6. The molecule has 78 valence electrons. The Kier molecular flexibility index (Phi) is 4.20. The molecule has 1 rings (SSSR count). The highest BCUT2D eigenvalue weighted by molar-refractivity contribution is 4.79. The first kappa shape index (κ1) is 11.0. The number of likely N-dealkylation sites (N-methyl/N-ethyl adjacent to an activating group) is 1. The molecule has 1 aliphatic heterocycles. The smallest absolute Gasteiger partial charge is 0.0207 e. The third-order valence-corrected chi connectivity index (χ3v) is 3.26. The molecule has 0 amide bonds. The molecule has 0 saturated carbocycles. The highest BCUT2D eigenvalue weighted by atomic mass is 15.2. The van der Waals surface area contributed by atoms with Crippen LogP contribution in [-0.2, 0) is 0 Å². The van der Waals surface area contributed by atoms with Gasteiger partial charge in [-0.05, 0) is 38.4 Å². The van der Waals surface area contributed by atoms with Crippen molar-refractivity contribution in [1.82, 2.24) is 10.2 Å². The number of hydrogen-bond donors (Lipinski definition) is 1. The molecule has 1 saturated heterocycles. The first-order chi connectivity index (χ1) is 6.09. The fourth-order valence-corrected chi connectivity index (χ4v) is 1.69. The standard InChI is InChI=1S/C11H24N2/c1-9(2)10(3)7-12-11-5-6-13(4)8-11/h9-12H,5-8H2,1-4H3. The van der Waals surface area contributed by atoms with Crippen LogP contribution in [0.3, 0.4) is 0 Å². The minimum Gasteiger partial charge on any atom is -0.312 e. The van der Waals surface area contributed by atoms with Crippen LogP contribution < -0.4 is 5.32 Å². The summed E-state index contributed by atoms with van der Waals surface area (Å²) in [5.74, 6) is 1.59. The molecule has 2 nitrogen and oxygen atoms in total. The quantitative estimate of drug-likeness (QED) is 0.713. The van der Waals surface area contributed by atoms with Crippen molar-refractivity contribution in [2.75, 3.05) is 26.7 Å². The van der Waals surface area contributed by atoms with Gasteiger partial charge in [0.2, 0.25) is 0 Å². The Labute approximate surface area is 82.7 Å². The van der Waals surface area contributed by atoms with E-state index in [0.717, 1.165) is 17.9 Å². The summed E-state index contributed by atoms with van der Waals surface area (Å²) in [7, 11) is 2.20. The van der Waals surface area contributed by atoms with Crippen molar-refractivity contribution < 1.29 is 0 Å². The molecule has 1 aliphatic rings. The lowest BCUT2D eigenvalue weighted by atomic mass is 9.98. The number of likely N-dealkylation sites (tertiary alicyclic amines) is 1. The predicted octanol–water partition coefficient (Wildman–Crippen LogP) is 1.57. The molecule has 1 N–H and O–H groups in total. The highest BCUT2D eigenvalue weighted by Gasteiger charge is 2.19. The Balaban J connectivity index is 2.12. The Hall–Kier alpha value is -0.0800. The molecule has 2 heteroatoms. The third-order valence-electron chi connectivity index (χ3n) is 3.26. The maximum Gasteiger partial charge on any atom is 0.0207 e. The van der Waals surface area contributed by atoms with Crippen molar-refractivity contribution >= 4 is 0 Å². The predicted molar refractivity (Wildman–Crippen MR) is 57.9 cm³/mol. The molecule has 0 bridgehead atoms. The lowest BCUT2D eigenvalue weighted by Gasteiger charge is -2.19. The van der Waals surface area contributed by atoms with Crippen LogP contribution in [0.5, 0.6) is 0 Å². The molecule has 2 unspecified atom stereocenters. The van der Waals surface area contributed by atoms with E-state index >= 15 is 0 Å². The Morgan fingerprint density at radius 1 is 1.38 bits per heavy atom. The van der Waals surface area contributed by atoms with E-state index < -0.39 is 0 Å². The molecule has 0 aromatic rings. The topological polar surface area (TPSA) is 15.3 Å². The second-order valence-corrected chi connectivity index (χ2v) is 4.88. The molecule has 1 fully saturated rings. The number of rotatable bonds is 4. The van der Waals surface area contributed by atoms with E-state index in [2.05, 4.69) is 38.0 Å². The van der Waals surface area contributed by atoms with E-state index in [1.807, 2.05) is 0 Å². The van der Waals surface area contributed by atoms with Crippen LogP contribution in [0.1, 0.15) is 27.2 Å². The molecular weight excluding hydrogens is 160 g/mol. The highest BCUT2D eigenvalue weighted by Crippen LogP contribution is 2.10. The zero-order chi connectivity index (χ0) is 9.84. The molecule has 0 aromatic heterocycles. The maximum atomic E-state index is 3.65. The van der Waals surface area contributed by atoms with Crippen LogP contribution in [0.4, 0.5) is 0 Å². The second-order valence-electron chi connectivity index (χ2n) is 4.88. The van der Waals surface area contributed by atoms with Gasteiger partial charge in [0, 0.05) is 12.6 Å². The minimum absolute atomic E-state index is 0.742. The Morgan fingerprint density at radius 2 is 2.08 bits per heavy atom. The van der Waals surface area contributed by atoms with E-state index in [1.54, 1.807) is 0 Å². The first-order valence-electron chi connectivity index (χ1n) is 5.51. The number of hydrogen-bond acceptors (Lipinski definition) is 2. The van der Waals surface area contributed by atoms with Crippen molar-refractivity contribution in [3.63, 3.8) is 0 Å². The van der Waals surface area contributed by atoms with Gasteiger partial charge in [0.1, 0.15) is 0 Å². The summed E-state index contributed by atoms with van der Waals surface area (Å²) in [6, 6.07) is 0.742. The summed E-state index contributed by atoms with van der Waals surface area (Å²) in [6.07, 6.45) is 1.32. The molecule has 0 radical (unpaired) electrons. The van der Waals surface area contributed by atoms with Crippen LogP contribution in [0.15, 0.2) is 0 Å². The Morgan fingerprint density at radius 3 is 2.54 bits per heavy atom. The largest absolute Gasteiger partial charge is 0.312 e. The molecule has 2 atom stereocenters. The summed E-state index contributed by atoms with van der Waals surface area (Å²) in [5, 5.41) is 3.65. The molecule has 0 aromatic carbocycles. The van der Waals surface area contributed by atoms with Gasteiger partial charge in [-0.25, -0.2) is 0 Å². The van der Waals surface area contributed by atoms with E-state index in [-0.39, 0.29) is 0 Å². The van der Waals surface area contributed by atoms with Crippen molar-refractivity contribution in [1.29, 1.82) is 0 Å². The van der Waals surface area contributed by atoms with Crippen LogP contribution in [0.2, 0.25) is 0 Å². The lowest BCUT2D eigenvalue weighted by Crippen LogP contribution is -2.35. The molecule has 13 heavy (non-hydrogen) atoms. The summed E-state index contributed by atoms with van der Waals surface area (Å²) in [4.78, 5) is 2.40. The second kappa shape index (κ2) is 4.97. The van der Waals surface area contributed by atoms with E-state index in [0.29, 0.717) is 0 Å². The van der Waals surface area contributed by atoms with Crippen molar-refractivity contribution in [2.24, 2.45) is 11.8 Å². The van der Waals surface area contributed by atoms with Crippen molar-refractivity contribution in [3.8, 4) is 0 Å². The van der Waals surface area contributed by atoms with Gasteiger partial charge < -0.3 is 10.2 Å². The fourth-order valence-electron chi connectivity index (χ4n) is 1.69. The average Bonchev–Trinajstić information content (AvgIpc) is 2.47. The summed E-state index contributed by atoms with van der Waals surface area (Å²) in [5.41, 5.74) is 0. The third kappa shape index (κ3) is 3.65. The van der Waals surface area contributed by atoms with Crippen LogP contribution in [0, 0.1) is 11.8 Å². The van der Waals surface area contributed by atoms with Gasteiger partial charge in [-0.15, -0.1) is 0 Å². The fraction of sp³-hybridized carbons (Fsp3) is 1.00. The van der Waals surface area contributed by atoms with Crippen molar-refractivity contribution in [2.45, 2.75) is 33.2 Å². The molecular formula is C11H24N2. The van der Waals surface area contributed by atoms with Crippen molar-refractivity contribution in [3.05, 3.63) is 0 Å². The van der Waals surface area contributed by atoms with Gasteiger partial charge >= 0.3 is 0 Å². The molecule has 1 heterocycles.